The quantitative estimate of drug-likeness (QED) is 0.564. The van der Waals surface area contributed by atoms with Crippen molar-refractivity contribution in [2.75, 3.05) is 18.5 Å². The first-order valence-electron chi connectivity index (χ1n) is 10.5. The Morgan fingerprint density at radius 3 is 2.56 bits per heavy atom. The van der Waals surface area contributed by atoms with Gasteiger partial charge in [0.2, 0.25) is 5.88 Å². The van der Waals surface area contributed by atoms with Crippen molar-refractivity contribution in [3.63, 3.8) is 0 Å². The van der Waals surface area contributed by atoms with Gasteiger partial charge in [0, 0.05) is 10.7 Å². The monoisotopic (exact) mass is 481 g/mol. The molecule has 0 fully saturated rings. The topological polar surface area (TPSA) is 124 Å². The number of nitrogens with zero attached hydrogens (tertiary/aromatic N) is 1. The van der Waals surface area contributed by atoms with E-state index in [1.165, 1.54) is 0 Å². The molecule has 0 saturated heterocycles. The van der Waals surface area contributed by atoms with E-state index in [0.29, 0.717) is 22.0 Å². The van der Waals surface area contributed by atoms with Crippen LogP contribution in [-0.4, -0.2) is 25.1 Å². The number of ether oxygens (including phenoxy) is 3. The van der Waals surface area contributed by atoms with Gasteiger partial charge in [0.15, 0.2) is 6.61 Å². The van der Waals surface area contributed by atoms with Crippen molar-refractivity contribution in [3.8, 4) is 11.8 Å². The maximum atomic E-state index is 12.6. The standard InChI is InChI=1S/C25H24ClN3O5/c1-4-32-25(31)22-15(3)34-24(28)19(12-27)23(22)16-6-9-18(10-7-16)33-13-21(30)29-20-11-17(26)8-5-14(20)2/h5-11,23H,4,13,28H2,1-3H3,(H,29,30). The minimum Gasteiger partial charge on any atom is -0.484 e. The Morgan fingerprint density at radius 1 is 1.21 bits per heavy atom. The number of nitriles is 1. The van der Waals surface area contributed by atoms with Crippen LogP contribution in [0.4, 0.5) is 5.69 Å². The van der Waals surface area contributed by atoms with Crippen LogP contribution in [0.2, 0.25) is 5.02 Å². The van der Waals surface area contributed by atoms with Crippen molar-refractivity contribution in [1.82, 2.24) is 0 Å². The summed E-state index contributed by atoms with van der Waals surface area (Å²) in [6, 6.07) is 13.9. The lowest BCUT2D eigenvalue weighted by molar-refractivity contribution is -0.139. The van der Waals surface area contributed by atoms with Crippen LogP contribution in [0.25, 0.3) is 0 Å². The largest absolute Gasteiger partial charge is 0.484 e. The minimum atomic E-state index is -0.749. The first kappa shape index (κ1) is 24.7. The summed E-state index contributed by atoms with van der Waals surface area (Å²) in [5, 5.41) is 12.9. The predicted octanol–water partition coefficient (Wildman–Crippen LogP) is 4.31. The summed E-state index contributed by atoms with van der Waals surface area (Å²) >= 11 is 5.98. The summed E-state index contributed by atoms with van der Waals surface area (Å²) in [7, 11) is 0. The molecule has 1 heterocycles. The molecule has 2 aromatic rings. The normalized spacial score (nSPS) is 15.3. The molecule has 2 aromatic carbocycles. The third-order valence-corrected chi connectivity index (χ3v) is 5.39. The van der Waals surface area contributed by atoms with Crippen LogP contribution >= 0.6 is 11.6 Å². The van der Waals surface area contributed by atoms with E-state index in [-0.39, 0.29) is 41.9 Å². The average Bonchev–Trinajstić information content (AvgIpc) is 2.80. The Bertz CT molecular complexity index is 1210. The highest BCUT2D eigenvalue weighted by Gasteiger charge is 2.36. The van der Waals surface area contributed by atoms with Crippen LogP contribution in [0.1, 0.15) is 30.9 Å². The number of rotatable bonds is 7. The highest BCUT2D eigenvalue weighted by atomic mass is 35.5. The van der Waals surface area contributed by atoms with Crippen molar-refractivity contribution in [2.24, 2.45) is 5.73 Å². The second-order valence-electron chi connectivity index (χ2n) is 7.48. The number of halogens is 1. The van der Waals surface area contributed by atoms with Gasteiger partial charge in [-0.05, 0) is 56.2 Å². The van der Waals surface area contributed by atoms with Crippen LogP contribution in [0.5, 0.6) is 5.75 Å². The molecule has 0 spiro atoms. The predicted molar refractivity (Wildman–Crippen MR) is 127 cm³/mol. The Labute approximate surface area is 202 Å². The van der Waals surface area contributed by atoms with E-state index in [9.17, 15) is 14.9 Å². The van der Waals surface area contributed by atoms with Crippen LogP contribution in [0.15, 0.2) is 65.3 Å². The lowest BCUT2D eigenvalue weighted by Gasteiger charge is -2.26. The lowest BCUT2D eigenvalue weighted by Crippen LogP contribution is -2.25. The zero-order chi connectivity index (χ0) is 24.8. The fourth-order valence-electron chi connectivity index (χ4n) is 3.51. The Balaban J connectivity index is 1.76. The van der Waals surface area contributed by atoms with Crippen molar-refractivity contribution in [3.05, 3.63) is 81.4 Å². The van der Waals surface area contributed by atoms with Gasteiger partial charge in [0.1, 0.15) is 23.2 Å². The number of hydrogen-bond acceptors (Lipinski definition) is 7. The summed E-state index contributed by atoms with van der Waals surface area (Å²) in [5.41, 5.74) is 8.33. The molecule has 1 aliphatic heterocycles. The number of aryl methyl sites for hydroxylation is 1. The van der Waals surface area contributed by atoms with Crippen LogP contribution in [0.3, 0.4) is 0 Å². The van der Waals surface area contributed by atoms with Crippen molar-refractivity contribution >= 4 is 29.2 Å². The van der Waals surface area contributed by atoms with Crippen LogP contribution in [0, 0.1) is 18.3 Å². The van der Waals surface area contributed by atoms with Crippen LogP contribution < -0.4 is 15.8 Å². The fourth-order valence-corrected chi connectivity index (χ4v) is 3.68. The summed E-state index contributed by atoms with van der Waals surface area (Å²) < 4.78 is 16.2. The number of benzene rings is 2. The number of hydrogen-bond donors (Lipinski definition) is 2. The Hall–Kier alpha value is -3.96. The summed E-state index contributed by atoms with van der Waals surface area (Å²) in [5.74, 6) is -1.04. The maximum Gasteiger partial charge on any atom is 0.338 e. The number of carbonyl (C=O) groups is 2. The molecule has 34 heavy (non-hydrogen) atoms. The molecule has 0 aliphatic carbocycles. The molecular weight excluding hydrogens is 458 g/mol. The van der Waals surface area contributed by atoms with E-state index in [0.717, 1.165) is 5.56 Å². The summed E-state index contributed by atoms with van der Waals surface area (Å²) in [6.07, 6.45) is 0. The Kier molecular flexibility index (Phi) is 7.82. The van der Waals surface area contributed by atoms with Gasteiger partial charge in [0.25, 0.3) is 5.91 Å². The molecule has 9 heteroatoms. The summed E-state index contributed by atoms with van der Waals surface area (Å²) in [6.45, 7) is 5.11. The highest BCUT2D eigenvalue weighted by molar-refractivity contribution is 6.31. The van der Waals surface area contributed by atoms with Crippen LogP contribution in [-0.2, 0) is 19.1 Å². The molecule has 3 rings (SSSR count). The zero-order valence-corrected chi connectivity index (χ0v) is 19.7. The number of nitrogens with one attached hydrogen (secondary N) is 1. The van der Waals surface area contributed by atoms with E-state index < -0.39 is 11.9 Å². The smallest absolute Gasteiger partial charge is 0.338 e. The van der Waals surface area contributed by atoms with E-state index >= 15 is 0 Å². The fraction of sp³-hybridized carbons (Fsp3) is 0.240. The number of allylic oxidation sites excluding steroid dienone is 2. The number of anilines is 1. The molecule has 176 valence electrons. The molecule has 1 atom stereocenters. The minimum absolute atomic E-state index is 0.0636. The van der Waals surface area contributed by atoms with Gasteiger partial charge >= 0.3 is 5.97 Å². The molecule has 1 amide bonds. The first-order valence-corrected chi connectivity index (χ1v) is 10.9. The maximum absolute atomic E-state index is 12.6. The van der Waals surface area contributed by atoms with Gasteiger partial charge in [-0.15, -0.1) is 0 Å². The molecule has 1 aliphatic rings. The third-order valence-electron chi connectivity index (χ3n) is 5.16. The van der Waals surface area contributed by atoms with E-state index in [4.69, 9.17) is 31.5 Å². The molecule has 0 saturated carbocycles. The molecule has 0 radical (unpaired) electrons. The second kappa shape index (κ2) is 10.8. The molecule has 0 bridgehead atoms. The highest BCUT2D eigenvalue weighted by Crippen LogP contribution is 2.40. The van der Waals surface area contributed by atoms with Crippen molar-refractivity contribution < 1.29 is 23.8 Å². The van der Waals surface area contributed by atoms with Gasteiger partial charge in [-0.25, -0.2) is 4.79 Å². The zero-order valence-electron chi connectivity index (χ0n) is 19.0. The van der Waals surface area contributed by atoms with E-state index in [1.54, 1.807) is 50.2 Å². The van der Waals surface area contributed by atoms with E-state index in [2.05, 4.69) is 5.32 Å². The molecular formula is C25H24ClN3O5. The molecule has 8 nitrogen and oxygen atoms in total. The first-order chi connectivity index (χ1) is 16.2. The average molecular weight is 482 g/mol. The summed E-state index contributed by atoms with van der Waals surface area (Å²) in [4.78, 5) is 24.9. The molecule has 1 unspecified atom stereocenters. The number of carbonyl (C=O) groups excluding carboxylic acids is 2. The number of nitrogens with two attached hydrogens (primary N) is 1. The van der Waals surface area contributed by atoms with Gasteiger partial charge in [-0.1, -0.05) is 29.8 Å². The lowest BCUT2D eigenvalue weighted by atomic mass is 9.83. The van der Waals surface area contributed by atoms with Crippen molar-refractivity contribution in [1.29, 1.82) is 5.26 Å². The van der Waals surface area contributed by atoms with Gasteiger partial charge in [0.05, 0.1) is 18.1 Å². The van der Waals surface area contributed by atoms with Gasteiger partial charge in [-0.3, -0.25) is 4.79 Å². The Morgan fingerprint density at radius 2 is 1.91 bits per heavy atom. The second-order valence-corrected chi connectivity index (χ2v) is 7.92. The van der Waals surface area contributed by atoms with Gasteiger partial charge < -0.3 is 25.3 Å². The molecule has 0 aromatic heterocycles. The number of amides is 1. The molecule has 3 N–H and O–H groups in total. The third kappa shape index (κ3) is 5.50. The number of esters is 1. The van der Waals surface area contributed by atoms with Gasteiger partial charge in [-0.2, -0.15) is 5.26 Å². The van der Waals surface area contributed by atoms with E-state index in [1.807, 2.05) is 19.1 Å². The SMILES string of the molecule is CCOC(=O)C1=C(C)OC(N)=C(C#N)C1c1ccc(OCC(=O)Nc2cc(Cl)ccc2C)cc1. The van der Waals surface area contributed by atoms with Crippen molar-refractivity contribution in [2.45, 2.75) is 26.7 Å².